The highest BCUT2D eigenvalue weighted by Crippen LogP contribution is 2.00. The van der Waals surface area contributed by atoms with Crippen molar-refractivity contribution in [2.75, 3.05) is 13.6 Å². The average Bonchev–Trinajstić information content (AvgIpc) is 2.48. The van der Waals surface area contributed by atoms with Crippen molar-refractivity contribution in [3.8, 4) is 0 Å². The number of nitrogens with one attached hydrogen (secondary N) is 2. The van der Waals surface area contributed by atoms with Gasteiger partial charge in [0.15, 0.2) is 5.96 Å². The first kappa shape index (κ1) is 21.1. The molecule has 0 heterocycles. The summed E-state index contributed by atoms with van der Waals surface area (Å²) in [6.07, 6.45) is 0.614. The number of nitrogens with zero attached hydrogens (tertiary/aromatic N) is 2. The molecule has 0 aromatic heterocycles. The summed E-state index contributed by atoms with van der Waals surface area (Å²) in [7, 11) is 1.24. The van der Waals surface area contributed by atoms with Crippen LogP contribution in [-0.2, 0) is 14.4 Å². The van der Waals surface area contributed by atoms with E-state index in [1.807, 2.05) is 5.43 Å². The van der Waals surface area contributed by atoms with Crippen LogP contribution in [0.4, 0.5) is 4.79 Å². The maximum atomic E-state index is 11.8. The number of primary amides is 1. The molecule has 136 valence electrons. The number of imide groups is 1. The van der Waals surface area contributed by atoms with Gasteiger partial charge in [0.25, 0.3) is 0 Å². The molecule has 0 bridgehead atoms. The van der Waals surface area contributed by atoms with E-state index in [0.29, 0.717) is 19.4 Å². The second-order valence-corrected chi connectivity index (χ2v) is 4.85. The van der Waals surface area contributed by atoms with Crippen LogP contribution >= 0.6 is 0 Å². The lowest BCUT2D eigenvalue weighted by molar-refractivity contribution is -0.141. The molecule has 0 aliphatic heterocycles. The molecule has 12 nitrogen and oxygen atoms in total. The summed E-state index contributed by atoms with van der Waals surface area (Å²) in [5.74, 6) is -2.73. The molecule has 0 radical (unpaired) electrons. The van der Waals surface area contributed by atoms with Crippen LogP contribution in [0, 0.1) is 0 Å². The molecule has 1 atom stereocenters. The van der Waals surface area contributed by atoms with E-state index >= 15 is 0 Å². The molecular formula is C12H23N7O5. The first-order valence-corrected chi connectivity index (χ1v) is 7.03. The van der Waals surface area contributed by atoms with Gasteiger partial charge in [0.2, 0.25) is 11.8 Å². The average molecular weight is 345 g/mol. The van der Waals surface area contributed by atoms with E-state index in [-0.39, 0.29) is 12.4 Å². The number of carboxylic acids is 1. The summed E-state index contributed by atoms with van der Waals surface area (Å²) in [5.41, 5.74) is 19.4. The Labute approximate surface area is 138 Å². The van der Waals surface area contributed by atoms with E-state index < -0.39 is 36.3 Å². The minimum absolute atomic E-state index is 0.0344. The van der Waals surface area contributed by atoms with Crippen molar-refractivity contribution in [3.05, 3.63) is 0 Å². The number of hydrazine groups is 1. The number of unbranched alkanes of at least 4 members (excludes halogenated alkanes) is 1. The fraction of sp³-hybridized carbons (Fsp3) is 0.583. The number of hydrogen-bond donors (Lipinski definition) is 6. The van der Waals surface area contributed by atoms with Gasteiger partial charge in [0.05, 0.1) is 6.42 Å². The van der Waals surface area contributed by atoms with E-state index in [1.165, 1.54) is 7.05 Å². The predicted octanol–water partition coefficient (Wildman–Crippen LogP) is -2.57. The number of amides is 4. The van der Waals surface area contributed by atoms with Crippen LogP contribution in [0.1, 0.15) is 25.7 Å². The van der Waals surface area contributed by atoms with Crippen molar-refractivity contribution in [3.63, 3.8) is 0 Å². The second kappa shape index (κ2) is 10.8. The van der Waals surface area contributed by atoms with E-state index in [9.17, 15) is 19.2 Å². The lowest BCUT2D eigenvalue weighted by Crippen LogP contribution is -2.53. The largest absolute Gasteiger partial charge is 0.480 e. The van der Waals surface area contributed by atoms with Gasteiger partial charge in [0.1, 0.15) is 6.04 Å². The van der Waals surface area contributed by atoms with E-state index in [1.54, 1.807) is 0 Å². The van der Waals surface area contributed by atoms with Gasteiger partial charge in [-0.25, -0.2) is 10.2 Å². The molecule has 24 heavy (non-hydrogen) atoms. The van der Waals surface area contributed by atoms with Crippen LogP contribution in [0.3, 0.4) is 0 Å². The third-order valence-electron chi connectivity index (χ3n) is 2.83. The van der Waals surface area contributed by atoms with Crippen LogP contribution in [0.15, 0.2) is 4.99 Å². The smallest absolute Gasteiger partial charge is 0.338 e. The Morgan fingerprint density at radius 3 is 2.29 bits per heavy atom. The predicted molar refractivity (Wildman–Crippen MR) is 84.2 cm³/mol. The molecule has 12 heteroatoms. The summed E-state index contributed by atoms with van der Waals surface area (Å²) >= 11 is 0. The standard InChI is InChI=1S/C12H23N7O5/c1-19(9(21)4-2-3-5-16-11(14)15)12(24)18-17-7(10(22)23)6-8(13)20/h7,17H,2-6H2,1H3,(H2,13,20)(H,18,24)(H,22,23)(H4,14,15,16)/t7-/m0/s1. The third-order valence-corrected chi connectivity index (χ3v) is 2.83. The highest BCUT2D eigenvalue weighted by atomic mass is 16.4. The number of urea groups is 1. The molecule has 9 N–H and O–H groups in total. The van der Waals surface area contributed by atoms with E-state index in [0.717, 1.165) is 4.90 Å². The van der Waals surface area contributed by atoms with Crippen molar-refractivity contribution >= 4 is 29.8 Å². The first-order chi connectivity index (χ1) is 11.1. The Hall–Kier alpha value is -2.89. The maximum Gasteiger partial charge on any atom is 0.338 e. The van der Waals surface area contributed by atoms with E-state index in [2.05, 4.69) is 10.4 Å². The highest BCUT2D eigenvalue weighted by Gasteiger charge is 2.22. The molecule has 0 aliphatic rings. The molecule has 4 amide bonds. The monoisotopic (exact) mass is 345 g/mol. The minimum Gasteiger partial charge on any atom is -0.480 e. The molecular weight excluding hydrogens is 322 g/mol. The Bertz CT molecular complexity index is 504. The molecule has 0 spiro atoms. The zero-order valence-corrected chi connectivity index (χ0v) is 13.3. The Morgan fingerprint density at radius 1 is 1.17 bits per heavy atom. The molecule has 0 saturated heterocycles. The first-order valence-electron chi connectivity index (χ1n) is 7.03. The maximum absolute atomic E-state index is 11.8. The number of carbonyl (C=O) groups excluding carboxylic acids is 3. The van der Waals surface area contributed by atoms with Crippen LogP contribution in [-0.4, -0.2) is 59.4 Å². The quantitative estimate of drug-likeness (QED) is 0.107. The number of hydrogen-bond acceptors (Lipinski definition) is 6. The Morgan fingerprint density at radius 2 is 1.79 bits per heavy atom. The molecule has 0 saturated carbocycles. The number of carbonyl (C=O) groups is 4. The summed E-state index contributed by atoms with van der Waals surface area (Å²) in [6.45, 7) is 0.375. The summed E-state index contributed by atoms with van der Waals surface area (Å²) in [5, 5.41) is 8.86. The normalized spacial score (nSPS) is 11.2. The van der Waals surface area contributed by atoms with Crippen LogP contribution in [0.2, 0.25) is 0 Å². The molecule has 0 aliphatic carbocycles. The van der Waals surface area contributed by atoms with Crippen molar-refractivity contribution < 1.29 is 24.3 Å². The molecule has 0 rings (SSSR count). The Kier molecular flexibility index (Phi) is 9.48. The van der Waals surface area contributed by atoms with Gasteiger partial charge in [-0.3, -0.25) is 29.7 Å². The van der Waals surface area contributed by atoms with Gasteiger partial charge in [-0.15, -0.1) is 0 Å². The molecule has 0 aromatic rings. The minimum atomic E-state index is -1.39. The zero-order valence-electron chi connectivity index (χ0n) is 13.3. The van der Waals surface area contributed by atoms with Gasteiger partial charge in [-0.2, -0.15) is 0 Å². The molecule has 0 unspecified atom stereocenters. The Balaban J connectivity index is 4.24. The summed E-state index contributed by atoms with van der Waals surface area (Å²) in [6, 6.07) is -2.26. The number of rotatable bonds is 10. The zero-order chi connectivity index (χ0) is 18.7. The van der Waals surface area contributed by atoms with Gasteiger partial charge < -0.3 is 22.3 Å². The fourth-order valence-corrected chi connectivity index (χ4v) is 1.51. The van der Waals surface area contributed by atoms with Crippen molar-refractivity contribution in [2.24, 2.45) is 22.2 Å². The van der Waals surface area contributed by atoms with Crippen molar-refractivity contribution in [1.82, 2.24) is 15.8 Å². The molecule has 0 aromatic carbocycles. The highest BCUT2D eigenvalue weighted by molar-refractivity contribution is 5.94. The lowest BCUT2D eigenvalue weighted by Gasteiger charge is -2.19. The van der Waals surface area contributed by atoms with Crippen LogP contribution < -0.4 is 28.1 Å². The third kappa shape index (κ3) is 9.19. The van der Waals surface area contributed by atoms with Gasteiger partial charge >= 0.3 is 12.0 Å². The number of aliphatic carboxylic acids is 1. The van der Waals surface area contributed by atoms with Crippen molar-refractivity contribution in [1.29, 1.82) is 0 Å². The number of aliphatic imine (C=N–C) groups is 1. The number of guanidine groups is 1. The van der Waals surface area contributed by atoms with Crippen molar-refractivity contribution in [2.45, 2.75) is 31.7 Å². The van der Waals surface area contributed by atoms with Gasteiger partial charge in [-0.05, 0) is 12.8 Å². The van der Waals surface area contributed by atoms with Crippen LogP contribution in [0.25, 0.3) is 0 Å². The molecule has 0 fully saturated rings. The topological polar surface area (TPSA) is 206 Å². The fourth-order valence-electron chi connectivity index (χ4n) is 1.51. The second-order valence-electron chi connectivity index (χ2n) is 4.85. The number of nitrogens with two attached hydrogens (primary N) is 3. The SMILES string of the molecule is CN(C(=O)CCCCN=C(N)N)C(=O)NN[C@@H](CC(N)=O)C(=O)O. The summed E-state index contributed by atoms with van der Waals surface area (Å²) in [4.78, 5) is 49.7. The lowest BCUT2D eigenvalue weighted by atomic mass is 10.2. The summed E-state index contributed by atoms with van der Waals surface area (Å²) < 4.78 is 0. The van der Waals surface area contributed by atoms with Gasteiger partial charge in [-0.1, -0.05) is 0 Å². The van der Waals surface area contributed by atoms with Gasteiger partial charge in [0, 0.05) is 20.0 Å². The number of carboxylic acid groups (broad SMARTS) is 1. The van der Waals surface area contributed by atoms with Crippen LogP contribution in [0.5, 0.6) is 0 Å². The van der Waals surface area contributed by atoms with E-state index in [4.69, 9.17) is 22.3 Å².